The van der Waals surface area contributed by atoms with Gasteiger partial charge in [0.15, 0.2) is 7.28 Å². The van der Waals surface area contributed by atoms with E-state index >= 15 is 0 Å². The highest BCUT2D eigenvalue weighted by Gasteiger charge is 2.11. The van der Waals surface area contributed by atoms with Crippen molar-refractivity contribution in [3.63, 3.8) is 0 Å². The number of aromatic carboxylic acids is 1. The first-order chi connectivity index (χ1) is 6.79. The lowest BCUT2D eigenvalue weighted by Crippen LogP contribution is -2.00. The van der Waals surface area contributed by atoms with E-state index in [9.17, 15) is 4.79 Å². The second kappa shape index (κ2) is 3.54. The van der Waals surface area contributed by atoms with Crippen LogP contribution in [0.2, 0.25) is 0 Å². The summed E-state index contributed by atoms with van der Waals surface area (Å²) in [7, 11) is 1.90. The Labute approximate surface area is 82.8 Å². The standard InChI is InChI=1S/C11H8BO2/c13-11(14)10-4-2-1-3-9(10)8-5-6-12-7-8/h1-7H,(H,13,14). The first-order valence-electron chi connectivity index (χ1n) is 4.33. The molecule has 0 unspecified atom stereocenters. The number of carboxylic acids is 1. The summed E-state index contributed by atoms with van der Waals surface area (Å²) in [6.07, 6.45) is 1.90. The third kappa shape index (κ3) is 1.49. The third-order valence-electron chi connectivity index (χ3n) is 2.13. The van der Waals surface area contributed by atoms with Crippen LogP contribution in [0.1, 0.15) is 15.9 Å². The first-order valence-corrected chi connectivity index (χ1v) is 4.33. The van der Waals surface area contributed by atoms with E-state index in [1.165, 1.54) is 0 Å². The lowest BCUT2D eigenvalue weighted by Gasteiger charge is -2.04. The largest absolute Gasteiger partial charge is 0.478 e. The number of benzene rings is 1. The fraction of sp³-hybridized carbons (Fsp3) is 0. The quantitative estimate of drug-likeness (QED) is 0.711. The predicted octanol–water partition coefficient (Wildman–Crippen LogP) is 1.96. The zero-order chi connectivity index (χ0) is 9.97. The van der Waals surface area contributed by atoms with Crippen molar-refractivity contribution in [1.82, 2.24) is 0 Å². The van der Waals surface area contributed by atoms with Crippen LogP contribution in [-0.2, 0) is 0 Å². The highest BCUT2D eigenvalue weighted by Crippen LogP contribution is 2.22. The number of hydrogen-bond donors (Lipinski definition) is 1. The van der Waals surface area contributed by atoms with Crippen molar-refractivity contribution in [2.24, 2.45) is 0 Å². The molecule has 0 atom stereocenters. The average Bonchev–Trinajstić information content (AvgIpc) is 2.70. The smallest absolute Gasteiger partial charge is 0.336 e. The van der Waals surface area contributed by atoms with Crippen molar-refractivity contribution in [2.75, 3.05) is 0 Å². The van der Waals surface area contributed by atoms with Crippen LogP contribution in [0.15, 0.2) is 42.3 Å². The second-order valence-corrected chi connectivity index (χ2v) is 3.02. The maximum atomic E-state index is 10.9. The molecule has 2 rings (SSSR count). The number of carboxylic acid groups (broad SMARTS) is 1. The van der Waals surface area contributed by atoms with Crippen molar-refractivity contribution in [3.8, 4) is 0 Å². The number of hydrogen-bond acceptors (Lipinski definition) is 1. The van der Waals surface area contributed by atoms with E-state index in [2.05, 4.69) is 0 Å². The van der Waals surface area contributed by atoms with Crippen LogP contribution in [0.4, 0.5) is 0 Å². The summed E-state index contributed by atoms with van der Waals surface area (Å²) in [6.45, 7) is 0. The SMILES string of the molecule is O=C(O)c1ccccc1C1=C[B]C=C1. The van der Waals surface area contributed by atoms with E-state index < -0.39 is 5.97 Å². The summed E-state index contributed by atoms with van der Waals surface area (Å²) >= 11 is 0. The van der Waals surface area contributed by atoms with Gasteiger partial charge in [0.2, 0.25) is 0 Å². The molecule has 0 fully saturated rings. The number of rotatable bonds is 2. The van der Waals surface area contributed by atoms with Crippen molar-refractivity contribution in [3.05, 3.63) is 53.4 Å². The maximum absolute atomic E-state index is 10.9. The Bertz CT molecular complexity index is 433. The molecule has 1 radical (unpaired) electrons. The lowest BCUT2D eigenvalue weighted by molar-refractivity contribution is 0.0696. The van der Waals surface area contributed by atoms with E-state index in [4.69, 9.17) is 5.11 Å². The van der Waals surface area contributed by atoms with Crippen molar-refractivity contribution >= 4 is 18.8 Å². The van der Waals surface area contributed by atoms with Crippen LogP contribution in [0.5, 0.6) is 0 Å². The minimum Gasteiger partial charge on any atom is -0.478 e. The predicted molar refractivity (Wildman–Crippen MR) is 56.3 cm³/mol. The van der Waals surface area contributed by atoms with Crippen molar-refractivity contribution < 1.29 is 9.90 Å². The molecule has 1 heterocycles. The normalized spacial score (nSPS) is 13.6. The highest BCUT2D eigenvalue weighted by atomic mass is 16.4. The molecule has 1 N–H and O–H groups in total. The second-order valence-electron chi connectivity index (χ2n) is 3.02. The van der Waals surface area contributed by atoms with Crippen LogP contribution in [0.3, 0.4) is 0 Å². The zero-order valence-corrected chi connectivity index (χ0v) is 7.47. The van der Waals surface area contributed by atoms with Gasteiger partial charge >= 0.3 is 5.97 Å². The monoisotopic (exact) mass is 183 g/mol. The summed E-state index contributed by atoms with van der Waals surface area (Å²) in [5, 5.41) is 8.96. The third-order valence-corrected chi connectivity index (χ3v) is 2.13. The Morgan fingerprint density at radius 2 is 2.07 bits per heavy atom. The van der Waals surface area contributed by atoms with Crippen molar-refractivity contribution in [1.29, 1.82) is 0 Å². The molecular weight excluding hydrogens is 175 g/mol. The van der Waals surface area contributed by atoms with Gasteiger partial charge in [-0.2, -0.15) is 0 Å². The Hall–Kier alpha value is -1.77. The van der Waals surface area contributed by atoms with E-state index in [0.29, 0.717) is 5.56 Å². The van der Waals surface area contributed by atoms with E-state index in [1.807, 2.05) is 37.4 Å². The number of carbonyl (C=O) groups is 1. The van der Waals surface area contributed by atoms with E-state index in [0.717, 1.165) is 11.1 Å². The fourth-order valence-electron chi connectivity index (χ4n) is 1.47. The molecule has 2 nitrogen and oxygen atoms in total. The average molecular weight is 183 g/mol. The topological polar surface area (TPSA) is 37.3 Å². The van der Waals surface area contributed by atoms with Gasteiger partial charge in [0.1, 0.15) is 0 Å². The molecule has 1 aliphatic rings. The number of allylic oxidation sites excluding steroid dienone is 2. The molecule has 0 bridgehead atoms. The lowest BCUT2D eigenvalue weighted by atomic mass is 9.81. The molecule has 0 saturated heterocycles. The highest BCUT2D eigenvalue weighted by molar-refractivity contribution is 6.52. The van der Waals surface area contributed by atoms with Gasteiger partial charge in [-0.3, -0.25) is 0 Å². The molecule has 0 aromatic heterocycles. The van der Waals surface area contributed by atoms with Crippen LogP contribution in [0.25, 0.3) is 5.57 Å². The van der Waals surface area contributed by atoms with Gasteiger partial charge in [-0.1, -0.05) is 24.3 Å². The van der Waals surface area contributed by atoms with Gasteiger partial charge in [0.05, 0.1) is 5.56 Å². The molecule has 0 aliphatic carbocycles. The molecular formula is C11H8BO2. The van der Waals surface area contributed by atoms with Crippen LogP contribution in [-0.4, -0.2) is 18.4 Å². The molecule has 0 spiro atoms. The summed E-state index contributed by atoms with van der Waals surface area (Å²) in [5.74, 6) is 2.91. The molecule has 67 valence electrons. The van der Waals surface area contributed by atoms with Gasteiger partial charge in [-0.05, 0) is 17.2 Å². The molecule has 0 saturated carbocycles. The Balaban J connectivity index is 2.51. The first kappa shape index (κ1) is 8.82. The Morgan fingerprint density at radius 1 is 1.29 bits per heavy atom. The van der Waals surface area contributed by atoms with Gasteiger partial charge in [0, 0.05) is 0 Å². The van der Waals surface area contributed by atoms with Crippen molar-refractivity contribution in [2.45, 2.75) is 0 Å². The van der Waals surface area contributed by atoms with Crippen LogP contribution in [0, 0.1) is 0 Å². The minimum atomic E-state index is -0.887. The van der Waals surface area contributed by atoms with E-state index in [-0.39, 0.29) is 0 Å². The van der Waals surface area contributed by atoms with Gasteiger partial charge in [-0.25, -0.2) is 4.79 Å². The Morgan fingerprint density at radius 3 is 2.71 bits per heavy atom. The maximum Gasteiger partial charge on any atom is 0.336 e. The molecule has 1 aromatic carbocycles. The van der Waals surface area contributed by atoms with Gasteiger partial charge in [0.25, 0.3) is 0 Å². The van der Waals surface area contributed by atoms with Gasteiger partial charge in [-0.15, -0.1) is 12.0 Å². The molecule has 1 aromatic rings. The van der Waals surface area contributed by atoms with Crippen LogP contribution < -0.4 is 0 Å². The van der Waals surface area contributed by atoms with Gasteiger partial charge < -0.3 is 5.11 Å². The minimum absolute atomic E-state index is 0.346. The summed E-state index contributed by atoms with van der Waals surface area (Å²) in [4.78, 5) is 10.9. The molecule has 0 amide bonds. The zero-order valence-electron chi connectivity index (χ0n) is 7.47. The van der Waals surface area contributed by atoms with E-state index in [1.54, 1.807) is 12.1 Å². The Kier molecular flexibility index (Phi) is 2.23. The van der Waals surface area contributed by atoms with Crippen LogP contribution >= 0.6 is 0 Å². The molecule has 3 heteroatoms. The molecule has 14 heavy (non-hydrogen) atoms. The fourth-order valence-corrected chi connectivity index (χ4v) is 1.47. The summed E-state index contributed by atoms with van der Waals surface area (Å²) < 4.78 is 0. The summed E-state index contributed by atoms with van der Waals surface area (Å²) in [6, 6.07) is 7.01. The molecule has 1 aliphatic heterocycles. The summed E-state index contributed by atoms with van der Waals surface area (Å²) in [5.41, 5.74) is 2.06.